The van der Waals surface area contributed by atoms with E-state index in [2.05, 4.69) is 38.8 Å². The Bertz CT molecular complexity index is 839. The average Bonchev–Trinajstić information content (AvgIpc) is 2.63. The Morgan fingerprint density at radius 2 is 1.96 bits per heavy atom. The number of pyridine rings is 1. The fourth-order valence-electron chi connectivity index (χ4n) is 3.59. The van der Waals surface area contributed by atoms with Crippen LogP contribution >= 0.6 is 0 Å². The van der Waals surface area contributed by atoms with Crippen LogP contribution in [0.4, 0.5) is 17.3 Å². The molecule has 0 unspecified atom stereocenters. The number of nitrogens with zero attached hydrogens (tertiary/aromatic N) is 3. The first kappa shape index (κ1) is 20.0. The molecule has 2 atom stereocenters. The van der Waals surface area contributed by atoms with Crippen LogP contribution in [0.3, 0.4) is 0 Å². The average molecular weight is 384 g/mol. The molecule has 2 aromatic heterocycles. The number of carbonyl (C=O) groups excluding carboxylic acids is 1. The minimum Gasteiger partial charge on any atom is -0.364 e. The third-order valence-electron chi connectivity index (χ3n) is 4.97. The Labute approximate surface area is 165 Å². The molecule has 150 valence electrons. The van der Waals surface area contributed by atoms with E-state index in [0.29, 0.717) is 17.3 Å². The molecule has 8 heteroatoms. The molecule has 0 spiro atoms. The van der Waals surface area contributed by atoms with Crippen molar-refractivity contribution in [3.05, 3.63) is 35.2 Å². The van der Waals surface area contributed by atoms with Crippen molar-refractivity contribution in [3.8, 4) is 0 Å². The SMILES string of the molecule is CCCc1cc(C)cc(Nc2cc(N[C@@H]3CCCC[C@@H]3N)nnc2C(N)=O)n1. The Kier molecular flexibility index (Phi) is 6.41. The molecule has 0 aromatic carbocycles. The first-order valence-corrected chi connectivity index (χ1v) is 9.90. The van der Waals surface area contributed by atoms with E-state index in [4.69, 9.17) is 11.5 Å². The summed E-state index contributed by atoms with van der Waals surface area (Å²) in [5.74, 6) is 0.577. The van der Waals surface area contributed by atoms with Crippen LogP contribution in [-0.4, -0.2) is 33.2 Å². The van der Waals surface area contributed by atoms with Gasteiger partial charge in [-0.15, -0.1) is 10.2 Å². The molecule has 0 aliphatic heterocycles. The molecule has 0 saturated heterocycles. The minimum atomic E-state index is -0.641. The number of aromatic nitrogens is 3. The van der Waals surface area contributed by atoms with Crippen molar-refractivity contribution in [1.82, 2.24) is 15.2 Å². The Morgan fingerprint density at radius 1 is 1.18 bits per heavy atom. The van der Waals surface area contributed by atoms with Crippen LogP contribution in [-0.2, 0) is 6.42 Å². The summed E-state index contributed by atoms with van der Waals surface area (Å²) in [5, 5.41) is 14.7. The number of hydrogen-bond acceptors (Lipinski definition) is 7. The maximum Gasteiger partial charge on any atom is 0.271 e. The number of amides is 1. The maximum absolute atomic E-state index is 11.8. The number of nitrogens with two attached hydrogens (primary N) is 2. The number of aryl methyl sites for hydroxylation is 2. The Hall–Kier alpha value is -2.74. The second kappa shape index (κ2) is 8.97. The Morgan fingerprint density at radius 3 is 2.68 bits per heavy atom. The van der Waals surface area contributed by atoms with E-state index in [1.54, 1.807) is 6.07 Å². The van der Waals surface area contributed by atoms with E-state index in [-0.39, 0.29) is 17.8 Å². The van der Waals surface area contributed by atoms with Crippen LogP contribution < -0.4 is 22.1 Å². The van der Waals surface area contributed by atoms with Crippen LogP contribution in [0.5, 0.6) is 0 Å². The van der Waals surface area contributed by atoms with Gasteiger partial charge in [-0.05, 0) is 43.9 Å². The number of hydrogen-bond donors (Lipinski definition) is 4. The first-order chi connectivity index (χ1) is 13.5. The summed E-state index contributed by atoms with van der Waals surface area (Å²) in [6, 6.07) is 5.96. The van der Waals surface area contributed by atoms with Crippen LogP contribution in [0, 0.1) is 6.92 Å². The molecule has 3 rings (SSSR count). The number of anilines is 3. The summed E-state index contributed by atoms with van der Waals surface area (Å²) in [7, 11) is 0. The maximum atomic E-state index is 11.8. The summed E-state index contributed by atoms with van der Waals surface area (Å²) < 4.78 is 0. The van der Waals surface area contributed by atoms with Gasteiger partial charge in [0.05, 0.1) is 5.69 Å². The molecule has 1 fully saturated rings. The molecule has 1 aliphatic rings. The molecule has 8 nitrogen and oxygen atoms in total. The van der Waals surface area contributed by atoms with Gasteiger partial charge in [0.1, 0.15) is 5.82 Å². The van der Waals surface area contributed by atoms with Gasteiger partial charge in [-0.2, -0.15) is 0 Å². The fourth-order valence-corrected chi connectivity index (χ4v) is 3.59. The molecule has 1 aliphatic carbocycles. The first-order valence-electron chi connectivity index (χ1n) is 9.90. The summed E-state index contributed by atoms with van der Waals surface area (Å²) in [4.78, 5) is 16.4. The molecule has 2 aromatic rings. The van der Waals surface area contributed by atoms with Crippen molar-refractivity contribution in [2.75, 3.05) is 10.6 Å². The van der Waals surface area contributed by atoms with E-state index in [0.717, 1.165) is 49.8 Å². The third kappa shape index (κ3) is 4.95. The van der Waals surface area contributed by atoms with E-state index in [1.165, 1.54) is 0 Å². The minimum absolute atomic E-state index is 0.0813. The van der Waals surface area contributed by atoms with Crippen molar-refractivity contribution in [2.24, 2.45) is 11.5 Å². The van der Waals surface area contributed by atoms with Gasteiger partial charge in [0.25, 0.3) is 5.91 Å². The van der Waals surface area contributed by atoms with Crippen LogP contribution in [0.1, 0.15) is 60.8 Å². The quantitative estimate of drug-likeness (QED) is 0.578. The molecular weight excluding hydrogens is 354 g/mol. The normalized spacial score (nSPS) is 19.2. The zero-order valence-corrected chi connectivity index (χ0v) is 16.5. The van der Waals surface area contributed by atoms with Gasteiger partial charge in [-0.1, -0.05) is 26.2 Å². The predicted octanol–water partition coefficient (Wildman–Crippen LogP) is 2.66. The summed E-state index contributed by atoms with van der Waals surface area (Å²) in [6.45, 7) is 4.13. The lowest BCUT2D eigenvalue weighted by atomic mass is 9.91. The highest BCUT2D eigenvalue weighted by atomic mass is 16.1. The zero-order valence-electron chi connectivity index (χ0n) is 16.5. The smallest absolute Gasteiger partial charge is 0.271 e. The number of nitrogens with one attached hydrogen (secondary N) is 2. The van der Waals surface area contributed by atoms with Crippen LogP contribution in [0.25, 0.3) is 0 Å². The third-order valence-corrected chi connectivity index (χ3v) is 4.97. The van der Waals surface area contributed by atoms with E-state index >= 15 is 0 Å². The highest BCUT2D eigenvalue weighted by Crippen LogP contribution is 2.24. The highest BCUT2D eigenvalue weighted by Gasteiger charge is 2.23. The van der Waals surface area contributed by atoms with Gasteiger partial charge in [0.15, 0.2) is 11.5 Å². The molecule has 1 amide bonds. The van der Waals surface area contributed by atoms with E-state index in [9.17, 15) is 4.79 Å². The highest BCUT2D eigenvalue weighted by molar-refractivity contribution is 5.97. The lowest BCUT2D eigenvalue weighted by Crippen LogP contribution is -2.42. The van der Waals surface area contributed by atoms with E-state index < -0.39 is 5.91 Å². The number of rotatable bonds is 7. The van der Waals surface area contributed by atoms with Gasteiger partial charge in [0, 0.05) is 23.8 Å². The largest absolute Gasteiger partial charge is 0.364 e. The molecule has 2 heterocycles. The number of primary amides is 1. The monoisotopic (exact) mass is 383 g/mol. The van der Waals surface area contributed by atoms with Crippen molar-refractivity contribution in [2.45, 2.75) is 64.5 Å². The van der Waals surface area contributed by atoms with Crippen molar-refractivity contribution >= 4 is 23.2 Å². The van der Waals surface area contributed by atoms with Gasteiger partial charge in [-0.3, -0.25) is 4.79 Å². The molecular formula is C20H29N7O. The second-order valence-corrected chi connectivity index (χ2v) is 7.45. The fraction of sp³-hybridized carbons (Fsp3) is 0.500. The lowest BCUT2D eigenvalue weighted by Gasteiger charge is -2.29. The van der Waals surface area contributed by atoms with Gasteiger partial charge >= 0.3 is 0 Å². The van der Waals surface area contributed by atoms with Gasteiger partial charge in [0.2, 0.25) is 0 Å². The Balaban J connectivity index is 1.87. The van der Waals surface area contributed by atoms with Crippen molar-refractivity contribution < 1.29 is 4.79 Å². The second-order valence-electron chi connectivity index (χ2n) is 7.45. The van der Waals surface area contributed by atoms with Crippen molar-refractivity contribution in [1.29, 1.82) is 0 Å². The standard InChI is InChI=1S/C20H29N7O/c1-3-6-13-9-12(2)10-17(23-13)25-16-11-18(26-27-19(16)20(22)28)24-15-8-5-4-7-14(15)21/h9-11,14-15H,3-8,21H2,1-2H3,(H2,22,28)(H2,23,24,25,26)/t14-,15+/m0/s1. The lowest BCUT2D eigenvalue weighted by molar-refractivity contribution is 0.0995. The molecule has 0 radical (unpaired) electrons. The van der Waals surface area contributed by atoms with Crippen LogP contribution in [0.15, 0.2) is 18.2 Å². The molecule has 28 heavy (non-hydrogen) atoms. The zero-order chi connectivity index (χ0) is 20.1. The summed E-state index contributed by atoms with van der Waals surface area (Å²) >= 11 is 0. The molecule has 6 N–H and O–H groups in total. The summed E-state index contributed by atoms with van der Waals surface area (Å²) in [6.07, 6.45) is 6.16. The van der Waals surface area contributed by atoms with Crippen LogP contribution in [0.2, 0.25) is 0 Å². The topological polar surface area (TPSA) is 132 Å². The number of carbonyl (C=O) groups is 1. The predicted molar refractivity (Wildman–Crippen MR) is 111 cm³/mol. The summed E-state index contributed by atoms with van der Waals surface area (Å²) in [5.41, 5.74) is 14.4. The van der Waals surface area contributed by atoms with Gasteiger partial charge < -0.3 is 22.1 Å². The van der Waals surface area contributed by atoms with E-state index in [1.807, 2.05) is 13.0 Å². The van der Waals surface area contributed by atoms with Crippen molar-refractivity contribution in [3.63, 3.8) is 0 Å². The molecule has 0 bridgehead atoms. The van der Waals surface area contributed by atoms with Gasteiger partial charge in [-0.25, -0.2) is 4.98 Å². The molecule has 1 saturated carbocycles.